The summed E-state index contributed by atoms with van der Waals surface area (Å²) in [6.07, 6.45) is 6.74. The van der Waals surface area contributed by atoms with Gasteiger partial charge in [0, 0.05) is 18.2 Å². The van der Waals surface area contributed by atoms with Crippen LogP contribution in [0.5, 0.6) is 0 Å². The van der Waals surface area contributed by atoms with Gasteiger partial charge in [0.15, 0.2) is 0 Å². The maximum Gasteiger partial charge on any atom is 0.265 e. The molecule has 1 amide bonds. The molecule has 1 aliphatic rings. The van der Waals surface area contributed by atoms with E-state index in [0.29, 0.717) is 5.56 Å². The highest BCUT2D eigenvalue weighted by atomic mass is 16.2. The molecule has 1 saturated carbocycles. The number of amides is 1. The first-order chi connectivity index (χ1) is 9.74. The number of nitrogen functional groups attached to an aromatic ring is 1. The normalized spacial score (nSPS) is 16.4. The van der Waals surface area contributed by atoms with Crippen LogP contribution in [0, 0.1) is 0 Å². The molecule has 110 valence electrons. The third kappa shape index (κ3) is 3.81. The van der Waals surface area contributed by atoms with Gasteiger partial charge in [0.25, 0.3) is 5.91 Å². The number of nitrogens with zero attached hydrogens (tertiary/aromatic N) is 1. The van der Waals surface area contributed by atoms with Crippen LogP contribution in [0.3, 0.4) is 0 Å². The molecule has 0 bridgehead atoms. The van der Waals surface area contributed by atoms with E-state index in [4.69, 9.17) is 5.84 Å². The smallest absolute Gasteiger partial charge is 0.265 e. The molecule has 2 rings (SSSR count). The first-order valence-electron chi connectivity index (χ1n) is 7.58. The van der Waals surface area contributed by atoms with Crippen molar-refractivity contribution in [3.05, 3.63) is 35.4 Å². The Hall–Kier alpha value is -1.39. The van der Waals surface area contributed by atoms with Crippen molar-refractivity contribution in [3.8, 4) is 0 Å². The third-order valence-electron chi connectivity index (χ3n) is 4.23. The first kappa shape index (κ1) is 15.0. The molecule has 0 aliphatic heterocycles. The fraction of sp³-hybridized carbons (Fsp3) is 0.562. The lowest BCUT2D eigenvalue weighted by Crippen LogP contribution is -2.36. The largest absolute Gasteiger partial charge is 0.296 e. The van der Waals surface area contributed by atoms with Crippen molar-refractivity contribution in [2.75, 3.05) is 6.54 Å². The minimum Gasteiger partial charge on any atom is -0.296 e. The SMILES string of the molecule is CCN(Cc1ccc(C(=O)NN)cc1)C1CCCCC1. The van der Waals surface area contributed by atoms with E-state index >= 15 is 0 Å². The van der Waals surface area contributed by atoms with E-state index in [9.17, 15) is 4.79 Å². The lowest BCUT2D eigenvalue weighted by molar-refractivity contribution is 0.0953. The van der Waals surface area contributed by atoms with Crippen LogP contribution in [0.1, 0.15) is 54.9 Å². The summed E-state index contributed by atoms with van der Waals surface area (Å²) in [5.41, 5.74) is 4.02. The lowest BCUT2D eigenvalue weighted by atomic mass is 9.94. The molecule has 1 aliphatic carbocycles. The van der Waals surface area contributed by atoms with Gasteiger partial charge in [-0.15, -0.1) is 0 Å². The monoisotopic (exact) mass is 275 g/mol. The lowest BCUT2D eigenvalue weighted by Gasteiger charge is -2.33. The molecule has 1 aromatic carbocycles. The second-order valence-corrected chi connectivity index (χ2v) is 5.53. The van der Waals surface area contributed by atoms with Crippen LogP contribution >= 0.6 is 0 Å². The average Bonchev–Trinajstić information content (AvgIpc) is 2.53. The van der Waals surface area contributed by atoms with Crippen LogP contribution in [-0.4, -0.2) is 23.4 Å². The van der Waals surface area contributed by atoms with Gasteiger partial charge in [-0.3, -0.25) is 15.1 Å². The molecule has 0 radical (unpaired) electrons. The van der Waals surface area contributed by atoms with Gasteiger partial charge in [0.05, 0.1) is 0 Å². The highest BCUT2D eigenvalue weighted by Gasteiger charge is 2.19. The van der Waals surface area contributed by atoms with Crippen molar-refractivity contribution >= 4 is 5.91 Å². The van der Waals surface area contributed by atoms with Crippen molar-refractivity contribution < 1.29 is 4.79 Å². The van der Waals surface area contributed by atoms with Gasteiger partial charge in [-0.1, -0.05) is 38.3 Å². The predicted octanol–water partition coefficient (Wildman–Crippen LogP) is 2.44. The molecule has 1 fully saturated rings. The standard InChI is InChI=1S/C16H25N3O/c1-2-19(15-6-4-3-5-7-15)12-13-8-10-14(11-9-13)16(20)18-17/h8-11,15H,2-7,12,17H2,1H3,(H,18,20). The molecule has 0 spiro atoms. The number of carbonyl (C=O) groups is 1. The molecule has 0 atom stereocenters. The summed E-state index contributed by atoms with van der Waals surface area (Å²) in [6, 6.07) is 8.45. The number of nitrogens with one attached hydrogen (secondary N) is 1. The maximum atomic E-state index is 11.4. The van der Waals surface area contributed by atoms with E-state index in [1.165, 1.54) is 37.7 Å². The van der Waals surface area contributed by atoms with E-state index in [-0.39, 0.29) is 5.91 Å². The molecule has 20 heavy (non-hydrogen) atoms. The second-order valence-electron chi connectivity index (χ2n) is 5.53. The summed E-state index contributed by atoms with van der Waals surface area (Å²) < 4.78 is 0. The minimum absolute atomic E-state index is 0.240. The Kier molecular flexibility index (Phi) is 5.56. The van der Waals surface area contributed by atoms with Crippen molar-refractivity contribution in [2.24, 2.45) is 5.84 Å². The van der Waals surface area contributed by atoms with Gasteiger partial charge in [-0.05, 0) is 37.1 Å². The Morgan fingerprint density at radius 1 is 1.25 bits per heavy atom. The van der Waals surface area contributed by atoms with Crippen molar-refractivity contribution in [3.63, 3.8) is 0 Å². The van der Waals surface area contributed by atoms with Crippen LogP contribution < -0.4 is 11.3 Å². The molecule has 0 unspecified atom stereocenters. The van der Waals surface area contributed by atoms with E-state index in [1.54, 1.807) is 0 Å². The summed E-state index contributed by atoms with van der Waals surface area (Å²) in [6.45, 7) is 4.27. The van der Waals surface area contributed by atoms with Crippen molar-refractivity contribution in [1.29, 1.82) is 0 Å². The maximum absolute atomic E-state index is 11.4. The topological polar surface area (TPSA) is 58.4 Å². The summed E-state index contributed by atoms with van der Waals surface area (Å²) in [4.78, 5) is 14.0. The number of hydrogen-bond acceptors (Lipinski definition) is 3. The van der Waals surface area contributed by atoms with Gasteiger partial charge < -0.3 is 0 Å². The average molecular weight is 275 g/mol. The van der Waals surface area contributed by atoms with E-state index in [2.05, 4.69) is 17.2 Å². The summed E-state index contributed by atoms with van der Waals surface area (Å²) in [7, 11) is 0. The summed E-state index contributed by atoms with van der Waals surface area (Å²) in [5, 5.41) is 0. The van der Waals surface area contributed by atoms with Crippen LogP contribution in [0.15, 0.2) is 24.3 Å². The molecule has 4 heteroatoms. The first-order valence-corrected chi connectivity index (χ1v) is 7.58. The van der Waals surface area contributed by atoms with Gasteiger partial charge in [0.2, 0.25) is 0 Å². The quantitative estimate of drug-likeness (QED) is 0.493. The molecular weight excluding hydrogens is 250 g/mol. The number of hydrogen-bond donors (Lipinski definition) is 2. The van der Waals surface area contributed by atoms with Crippen LogP contribution in [0.4, 0.5) is 0 Å². The number of carbonyl (C=O) groups excluding carboxylic acids is 1. The van der Waals surface area contributed by atoms with E-state index in [1.807, 2.05) is 24.3 Å². The Bertz CT molecular complexity index is 424. The van der Waals surface area contributed by atoms with Crippen LogP contribution in [0.25, 0.3) is 0 Å². The van der Waals surface area contributed by atoms with Crippen LogP contribution in [-0.2, 0) is 6.54 Å². The number of hydrazine groups is 1. The fourth-order valence-corrected chi connectivity index (χ4v) is 3.02. The van der Waals surface area contributed by atoms with Gasteiger partial charge >= 0.3 is 0 Å². The molecule has 0 aromatic heterocycles. The van der Waals surface area contributed by atoms with E-state index in [0.717, 1.165) is 19.1 Å². The Labute approximate surface area is 121 Å². The predicted molar refractivity (Wildman–Crippen MR) is 81.1 cm³/mol. The Morgan fingerprint density at radius 3 is 2.45 bits per heavy atom. The minimum atomic E-state index is -0.240. The highest BCUT2D eigenvalue weighted by molar-refractivity contribution is 5.93. The molecular formula is C16H25N3O. The molecule has 0 saturated heterocycles. The molecule has 4 nitrogen and oxygen atoms in total. The zero-order chi connectivity index (χ0) is 14.4. The van der Waals surface area contributed by atoms with Gasteiger partial charge in [-0.25, -0.2) is 5.84 Å². The van der Waals surface area contributed by atoms with Crippen molar-refractivity contribution in [1.82, 2.24) is 10.3 Å². The molecule has 3 N–H and O–H groups in total. The summed E-state index contributed by atoms with van der Waals surface area (Å²) >= 11 is 0. The Morgan fingerprint density at radius 2 is 1.90 bits per heavy atom. The fourth-order valence-electron chi connectivity index (χ4n) is 3.02. The summed E-state index contributed by atoms with van der Waals surface area (Å²) in [5.74, 6) is 4.89. The molecule has 1 aromatic rings. The van der Waals surface area contributed by atoms with E-state index < -0.39 is 0 Å². The zero-order valence-corrected chi connectivity index (χ0v) is 12.3. The number of benzene rings is 1. The van der Waals surface area contributed by atoms with Gasteiger partial charge in [0.1, 0.15) is 0 Å². The molecule has 0 heterocycles. The third-order valence-corrected chi connectivity index (χ3v) is 4.23. The highest BCUT2D eigenvalue weighted by Crippen LogP contribution is 2.23. The van der Waals surface area contributed by atoms with Gasteiger partial charge in [-0.2, -0.15) is 0 Å². The second kappa shape index (κ2) is 7.41. The number of nitrogens with two attached hydrogens (primary N) is 1. The zero-order valence-electron chi connectivity index (χ0n) is 12.3. The van der Waals surface area contributed by atoms with Crippen LogP contribution in [0.2, 0.25) is 0 Å². The Balaban J connectivity index is 1.98. The number of rotatable bonds is 5. The van der Waals surface area contributed by atoms with Crippen molar-refractivity contribution in [2.45, 2.75) is 51.6 Å².